The van der Waals surface area contributed by atoms with E-state index in [1.54, 1.807) is 42.7 Å². The molecule has 0 aliphatic carbocycles. The summed E-state index contributed by atoms with van der Waals surface area (Å²) in [6.45, 7) is 0.205. The van der Waals surface area contributed by atoms with Crippen LogP contribution in [-0.2, 0) is 16.1 Å². The van der Waals surface area contributed by atoms with Crippen molar-refractivity contribution < 1.29 is 9.59 Å². The summed E-state index contributed by atoms with van der Waals surface area (Å²) in [6.07, 6.45) is 3.22. The second-order valence-electron chi connectivity index (χ2n) is 4.09. The number of pyridine rings is 1. The molecule has 0 aliphatic heterocycles. The highest BCUT2D eigenvalue weighted by Crippen LogP contribution is 2.29. The molecular formula is C14H11Cl2N3O2. The lowest BCUT2D eigenvalue weighted by molar-refractivity contribution is -0.136. The number of nitrogens with one attached hydrogen (secondary N) is 2. The Balaban J connectivity index is 1.96. The van der Waals surface area contributed by atoms with Crippen LogP contribution in [0.5, 0.6) is 0 Å². The monoisotopic (exact) mass is 323 g/mol. The number of amides is 2. The Kier molecular flexibility index (Phi) is 5.14. The first-order chi connectivity index (χ1) is 10.1. The summed E-state index contributed by atoms with van der Waals surface area (Å²) in [4.78, 5) is 27.4. The number of rotatable bonds is 3. The van der Waals surface area contributed by atoms with Gasteiger partial charge in [0, 0.05) is 18.9 Å². The first-order valence-corrected chi connectivity index (χ1v) is 6.75. The molecule has 1 aromatic carbocycles. The Hall–Kier alpha value is -2.11. The minimum absolute atomic E-state index is 0.205. The van der Waals surface area contributed by atoms with Gasteiger partial charge in [-0.05, 0) is 23.8 Å². The van der Waals surface area contributed by atoms with Crippen LogP contribution in [0.15, 0.2) is 42.7 Å². The van der Waals surface area contributed by atoms with Crippen molar-refractivity contribution in [3.05, 3.63) is 58.3 Å². The van der Waals surface area contributed by atoms with Gasteiger partial charge in [-0.3, -0.25) is 14.6 Å². The van der Waals surface area contributed by atoms with E-state index in [0.717, 1.165) is 5.56 Å². The molecule has 2 aromatic rings. The molecule has 7 heteroatoms. The highest BCUT2D eigenvalue weighted by molar-refractivity contribution is 6.44. The van der Waals surface area contributed by atoms with Crippen molar-refractivity contribution >= 4 is 40.7 Å². The second kappa shape index (κ2) is 7.06. The van der Waals surface area contributed by atoms with Crippen molar-refractivity contribution in [2.45, 2.75) is 6.54 Å². The molecule has 5 nitrogen and oxygen atoms in total. The third kappa shape index (κ3) is 4.18. The molecule has 0 aliphatic rings. The molecule has 0 fully saturated rings. The number of carbonyl (C=O) groups is 2. The first kappa shape index (κ1) is 15.3. The van der Waals surface area contributed by atoms with Crippen molar-refractivity contribution in [3.8, 4) is 0 Å². The lowest BCUT2D eigenvalue weighted by Crippen LogP contribution is -2.35. The molecule has 2 N–H and O–H groups in total. The quantitative estimate of drug-likeness (QED) is 0.853. The van der Waals surface area contributed by atoms with Gasteiger partial charge in [0.2, 0.25) is 0 Å². The maximum Gasteiger partial charge on any atom is 0.313 e. The van der Waals surface area contributed by atoms with Gasteiger partial charge in [0.1, 0.15) is 0 Å². The standard InChI is InChI=1S/C14H11Cl2N3O2/c15-10-4-1-5-11(16)12(10)19-14(21)13(20)18-8-9-3-2-6-17-7-9/h1-7H,8H2,(H,18,20)(H,19,21). The van der Waals surface area contributed by atoms with Crippen LogP contribution in [0.1, 0.15) is 5.56 Å². The average Bonchev–Trinajstić information content (AvgIpc) is 2.49. The Morgan fingerprint density at radius 2 is 1.76 bits per heavy atom. The number of hydrogen-bond donors (Lipinski definition) is 2. The molecule has 0 spiro atoms. The number of hydrogen-bond acceptors (Lipinski definition) is 3. The zero-order valence-corrected chi connectivity index (χ0v) is 12.3. The van der Waals surface area contributed by atoms with E-state index in [0.29, 0.717) is 0 Å². The van der Waals surface area contributed by atoms with Gasteiger partial charge in [0.05, 0.1) is 15.7 Å². The number of para-hydroxylation sites is 1. The highest BCUT2D eigenvalue weighted by Gasteiger charge is 2.16. The van der Waals surface area contributed by atoms with E-state index in [2.05, 4.69) is 15.6 Å². The van der Waals surface area contributed by atoms with Gasteiger partial charge in [-0.25, -0.2) is 0 Å². The number of nitrogens with zero attached hydrogens (tertiary/aromatic N) is 1. The largest absolute Gasteiger partial charge is 0.344 e. The average molecular weight is 324 g/mol. The fraction of sp³-hybridized carbons (Fsp3) is 0.0714. The Bertz CT molecular complexity index is 642. The molecule has 0 unspecified atom stereocenters. The van der Waals surface area contributed by atoms with E-state index in [-0.39, 0.29) is 22.3 Å². The molecule has 0 radical (unpaired) electrons. The number of halogens is 2. The number of carbonyl (C=O) groups excluding carboxylic acids is 2. The zero-order valence-electron chi connectivity index (χ0n) is 10.8. The van der Waals surface area contributed by atoms with E-state index in [4.69, 9.17) is 23.2 Å². The van der Waals surface area contributed by atoms with Crippen LogP contribution in [0, 0.1) is 0 Å². The van der Waals surface area contributed by atoms with Crippen LogP contribution in [0.3, 0.4) is 0 Å². The van der Waals surface area contributed by atoms with Gasteiger partial charge in [0.25, 0.3) is 0 Å². The van der Waals surface area contributed by atoms with Gasteiger partial charge in [-0.2, -0.15) is 0 Å². The van der Waals surface area contributed by atoms with Crippen molar-refractivity contribution in [3.63, 3.8) is 0 Å². The smallest absolute Gasteiger partial charge is 0.313 e. The Morgan fingerprint density at radius 3 is 2.38 bits per heavy atom. The highest BCUT2D eigenvalue weighted by atomic mass is 35.5. The number of aromatic nitrogens is 1. The van der Waals surface area contributed by atoms with Gasteiger partial charge in [-0.1, -0.05) is 35.3 Å². The fourth-order valence-electron chi connectivity index (χ4n) is 1.55. The van der Waals surface area contributed by atoms with Crippen LogP contribution >= 0.6 is 23.2 Å². The molecule has 108 valence electrons. The summed E-state index contributed by atoms with van der Waals surface area (Å²) in [5, 5.41) is 5.38. The molecule has 1 heterocycles. The predicted molar refractivity (Wildman–Crippen MR) is 81.2 cm³/mol. The molecule has 2 rings (SSSR count). The molecule has 0 atom stereocenters. The summed E-state index contributed by atoms with van der Waals surface area (Å²) >= 11 is 11.8. The molecule has 0 bridgehead atoms. The molecular weight excluding hydrogens is 313 g/mol. The minimum Gasteiger partial charge on any atom is -0.344 e. The summed E-state index contributed by atoms with van der Waals surface area (Å²) in [5.74, 6) is -1.62. The summed E-state index contributed by atoms with van der Waals surface area (Å²) in [6, 6.07) is 8.30. The normalized spacial score (nSPS) is 10.0. The molecule has 2 amide bonds. The molecule has 21 heavy (non-hydrogen) atoms. The van der Waals surface area contributed by atoms with E-state index in [1.807, 2.05) is 0 Å². The molecule has 1 aromatic heterocycles. The van der Waals surface area contributed by atoms with Gasteiger partial charge in [-0.15, -0.1) is 0 Å². The van der Waals surface area contributed by atoms with Crippen molar-refractivity contribution in [2.75, 3.05) is 5.32 Å². The van der Waals surface area contributed by atoms with Crippen LogP contribution in [0.25, 0.3) is 0 Å². The number of anilines is 1. The van der Waals surface area contributed by atoms with E-state index in [9.17, 15) is 9.59 Å². The first-order valence-electron chi connectivity index (χ1n) is 6.00. The van der Waals surface area contributed by atoms with Crippen molar-refractivity contribution in [1.29, 1.82) is 0 Å². The van der Waals surface area contributed by atoms with Crippen LogP contribution < -0.4 is 10.6 Å². The van der Waals surface area contributed by atoms with Crippen LogP contribution in [0.2, 0.25) is 10.0 Å². The summed E-state index contributed by atoms with van der Waals surface area (Å²) in [5.41, 5.74) is 0.997. The SMILES string of the molecule is O=C(NCc1cccnc1)C(=O)Nc1c(Cl)cccc1Cl. The topological polar surface area (TPSA) is 71.1 Å². The maximum atomic E-state index is 11.8. The number of benzene rings is 1. The summed E-state index contributed by atoms with van der Waals surface area (Å²) < 4.78 is 0. The van der Waals surface area contributed by atoms with Gasteiger partial charge >= 0.3 is 11.8 Å². The maximum absolute atomic E-state index is 11.8. The molecule has 0 saturated heterocycles. The lowest BCUT2D eigenvalue weighted by atomic mass is 10.3. The zero-order chi connectivity index (χ0) is 15.2. The lowest BCUT2D eigenvalue weighted by Gasteiger charge is -2.09. The van der Waals surface area contributed by atoms with Crippen LogP contribution in [0.4, 0.5) is 5.69 Å². The minimum atomic E-state index is -0.839. The van der Waals surface area contributed by atoms with Crippen molar-refractivity contribution in [2.24, 2.45) is 0 Å². The predicted octanol–water partition coefficient (Wildman–Crippen LogP) is 2.64. The van der Waals surface area contributed by atoms with Gasteiger partial charge < -0.3 is 10.6 Å². The van der Waals surface area contributed by atoms with E-state index < -0.39 is 11.8 Å². The van der Waals surface area contributed by atoms with E-state index >= 15 is 0 Å². The third-order valence-corrected chi connectivity index (χ3v) is 3.21. The summed E-state index contributed by atoms with van der Waals surface area (Å²) in [7, 11) is 0. The van der Waals surface area contributed by atoms with E-state index in [1.165, 1.54) is 0 Å². The third-order valence-electron chi connectivity index (χ3n) is 2.58. The molecule has 0 saturated carbocycles. The van der Waals surface area contributed by atoms with Crippen molar-refractivity contribution in [1.82, 2.24) is 10.3 Å². The Labute approximate surface area is 131 Å². The van der Waals surface area contributed by atoms with Crippen LogP contribution in [-0.4, -0.2) is 16.8 Å². The fourth-order valence-corrected chi connectivity index (χ4v) is 2.04. The second-order valence-corrected chi connectivity index (χ2v) is 4.91. The van der Waals surface area contributed by atoms with Gasteiger partial charge in [0.15, 0.2) is 0 Å². The Morgan fingerprint density at radius 1 is 1.05 bits per heavy atom.